The highest BCUT2D eigenvalue weighted by atomic mass is 15.4. The number of likely N-dealkylation sites (N-methyl/N-ethyl adjacent to an activating group) is 1. The zero-order valence-corrected chi connectivity index (χ0v) is 10.4. The van der Waals surface area contributed by atoms with Crippen LogP contribution in [0.2, 0.25) is 0 Å². The van der Waals surface area contributed by atoms with Crippen LogP contribution in [0.3, 0.4) is 0 Å². The van der Waals surface area contributed by atoms with Gasteiger partial charge in [-0.2, -0.15) is 0 Å². The Morgan fingerprint density at radius 2 is 1.79 bits per heavy atom. The lowest BCUT2D eigenvalue weighted by molar-refractivity contribution is -0.911. The van der Waals surface area contributed by atoms with Crippen molar-refractivity contribution in [3.8, 4) is 0 Å². The van der Waals surface area contributed by atoms with E-state index in [-0.39, 0.29) is 0 Å². The quantitative estimate of drug-likeness (QED) is 0.624. The van der Waals surface area contributed by atoms with Crippen molar-refractivity contribution in [2.45, 2.75) is 27.2 Å². The van der Waals surface area contributed by atoms with Crippen molar-refractivity contribution < 1.29 is 4.48 Å². The predicted octanol–water partition coefficient (Wildman–Crippen LogP) is 1.81. The number of quaternary nitrogens is 1. The summed E-state index contributed by atoms with van der Waals surface area (Å²) in [7, 11) is 2.39. The summed E-state index contributed by atoms with van der Waals surface area (Å²) in [6.07, 6.45) is 1.36. The number of nitrogens with zero attached hydrogens (tertiary/aromatic N) is 2. The van der Waals surface area contributed by atoms with Gasteiger partial charge in [0.05, 0.1) is 26.7 Å². The van der Waals surface area contributed by atoms with E-state index in [9.17, 15) is 0 Å². The minimum absolute atomic E-state index is 0.851. The summed E-state index contributed by atoms with van der Waals surface area (Å²) >= 11 is 0. The van der Waals surface area contributed by atoms with Crippen LogP contribution in [-0.2, 0) is 0 Å². The van der Waals surface area contributed by atoms with Crippen molar-refractivity contribution in [2.24, 2.45) is 5.92 Å². The first kappa shape index (κ1) is 12.0. The molecule has 14 heavy (non-hydrogen) atoms. The highest BCUT2D eigenvalue weighted by Gasteiger charge is 2.26. The van der Waals surface area contributed by atoms with Crippen LogP contribution >= 0.6 is 0 Å². The van der Waals surface area contributed by atoms with Crippen LogP contribution in [0.15, 0.2) is 0 Å². The minimum Gasteiger partial charge on any atom is -0.324 e. The molecule has 0 N–H and O–H groups in total. The molecule has 2 heteroatoms. The van der Waals surface area contributed by atoms with Crippen LogP contribution in [0, 0.1) is 5.92 Å². The van der Waals surface area contributed by atoms with Gasteiger partial charge in [0.1, 0.15) is 0 Å². The molecule has 1 saturated heterocycles. The molecule has 0 aromatic rings. The summed E-state index contributed by atoms with van der Waals surface area (Å²) in [6.45, 7) is 14.8. The molecule has 84 valence electrons. The third kappa shape index (κ3) is 3.58. The van der Waals surface area contributed by atoms with Gasteiger partial charge >= 0.3 is 0 Å². The maximum atomic E-state index is 2.63. The number of hydrogen-bond acceptors (Lipinski definition) is 1. The normalized spacial score (nSPS) is 22.9. The van der Waals surface area contributed by atoms with Crippen molar-refractivity contribution >= 4 is 0 Å². The van der Waals surface area contributed by atoms with Gasteiger partial charge in [-0.25, -0.2) is 0 Å². The second kappa shape index (κ2) is 5.13. The van der Waals surface area contributed by atoms with E-state index in [0.717, 1.165) is 5.92 Å². The van der Waals surface area contributed by atoms with E-state index in [1.807, 2.05) is 0 Å². The molecule has 0 spiro atoms. The summed E-state index contributed by atoms with van der Waals surface area (Å²) in [6, 6.07) is 0. The summed E-state index contributed by atoms with van der Waals surface area (Å²) in [4.78, 5) is 2.63. The lowest BCUT2D eigenvalue weighted by Crippen LogP contribution is -2.57. The fraction of sp³-hybridized carbons (Fsp3) is 1.00. The first-order valence-corrected chi connectivity index (χ1v) is 6.11. The standard InChI is InChI=1S/C12H27N2/c1-5-14(4)10-8-13(9-11-14)7-6-12(2)3/h12H,5-11H2,1-4H3/q+1. The molecule has 1 aliphatic rings. The molecular formula is C12H27N2+. The lowest BCUT2D eigenvalue weighted by atomic mass is 10.1. The van der Waals surface area contributed by atoms with Crippen molar-refractivity contribution in [3.63, 3.8) is 0 Å². The first-order valence-electron chi connectivity index (χ1n) is 6.11. The zero-order chi connectivity index (χ0) is 10.6. The van der Waals surface area contributed by atoms with Gasteiger partial charge in [0.25, 0.3) is 0 Å². The van der Waals surface area contributed by atoms with Crippen LogP contribution in [0.5, 0.6) is 0 Å². The molecule has 0 aromatic carbocycles. The summed E-state index contributed by atoms with van der Waals surface area (Å²) in [5.41, 5.74) is 0. The van der Waals surface area contributed by atoms with Crippen molar-refractivity contribution in [1.29, 1.82) is 0 Å². The van der Waals surface area contributed by atoms with Gasteiger partial charge in [0.2, 0.25) is 0 Å². The summed E-state index contributed by atoms with van der Waals surface area (Å²) in [5.74, 6) is 0.851. The van der Waals surface area contributed by atoms with Crippen molar-refractivity contribution in [1.82, 2.24) is 4.90 Å². The molecule has 1 rings (SSSR count). The Labute approximate surface area is 89.5 Å². The Balaban J connectivity index is 2.22. The largest absolute Gasteiger partial charge is 0.324 e. The molecule has 0 radical (unpaired) electrons. The van der Waals surface area contributed by atoms with E-state index >= 15 is 0 Å². The SMILES string of the molecule is CC[N+]1(C)CCN(CCC(C)C)CC1. The molecule has 0 unspecified atom stereocenters. The molecule has 2 nitrogen and oxygen atoms in total. The third-order valence-corrected chi connectivity index (χ3v) is 3.70. The van der Waals surface area contributed by atoms with Crippen LogP contribution < -0.4 is 0 Å². The second-order valence-electron chi connectivity index (χ2n) is 5.41. The van der Waals surface area contributed by atoms with Gasteiger partial charge in [-0.3, -0.25) is 4.90 Å². The molecule has 0 bridgehead atoms. The van der Waals surface area contributed by atoms with Gasteiger partial charge in [-0.05, 0) is 25.8 Å². The monoisotopic (exact) mass is 199 g/mol. The summed E-state index contributed by atoms with van der Waals surface area (Å²) < 4.78 is 1.28. The highest BCUT2D eigenvalue weighted by molar-refractivity contribution is 4.63. The average Bonchev–Trinajstić information content (AvgIpc) is 2.17. The Morgan fingerprint density at radius 3 is 2.21 bits per heavy atom. The number of hydrogen-bond donors (Lipinski definition) is 0. The Morgan fingerprint density at radius 1 is 1.21 bits per heavy atom. The van der Waals surface area contributed by atoms with E-state index in [1.165, 1.54) is 50.2 Å². The fourth-order valence-electron chi connectivity index (χ4n) is 1.97. The average molecular weight is 199 g/mol. The molecule has 1 heterocycles. The molecule has 1 aliphatic heterocycles. The Bertz CT molecular complexity index is 158. The van der Waals surface area contributed by atoms with Gasteiger partial charge in [0.15, 0.2) is 0 Å². The lowest BCUT2D eigenvalue weighted by Gasteiger charge is -2.41. The number of piperazine rings is 1. The Hall–Kier alpha value is -0.0800. The van der Waals surface area contributed by atoms with E-state index in [2.05, 4.69) is 32.7 Å². The molecule has 0 amide bonds. The highest BCUT2D eigenvalue weighted by Crippen LogP contribution is 2.11. The van der Waals surface area contributed by atoms with Crippen LogP contribution in [-0.4, -0.2) is 55.7 Å². The fourth-order valence-corrected chi connectivity index (χ4v) is 1.97. The van der Waals surface area contributed by atoms with Crippen molar-refractivity contribution in [2.75, 3.05) is 46.3 Å². The molecular weight excluding hydrogens is 172 g/mol. The van der Waals surface area contributed by atoms with Crippen LogP contribution in [0.25, 0.3) is 0 Å². The van der Waals surface area contributed by atoms with E-state index < -0.39 is 0 Å². The maximum absolute atomic E-state index is 2.63. The summed E-state index contributed by atoms with van der Waals surface area (Å²) in [5, 5.41) is 0. The van der Waals surface area contributed by atoms with Crippen molar-refractivity contribution in [3.05, 3.63) is 0 Å². The molecule has 1 fully saturated rings. The maximum Gasteiger partial charge on any atom is 0.0914 e. The molecule has 0 saturated carbocycles. The minimum atomic E-state index is 0.851. The molecule has 0 atom stereocenters. The van der Waals surface area contributed by atoms with E-state index in [1.54, 1.807) is 0 Å². The second-order valence-corrected chi connectivity index (χ2v) is 5.41. The van der Waals surface area contributed by atoms with Crippen LogP contribution in [0.4, 0.5) is 0 Å². The third-order valence-electron chi connectivity index (χ3n) is 3.70. The van der Waals surface area contributed by atoms with E-state index in [0.29, 0.717) is 0 Å². The van der Waals surface area contributed by atoms with Gasteiger partial charge in [-0.1, -0.05) is 13.8 Å². The van der Waals surface area contributed by atoms with Gasteiger partial charge < -0.3 is 4.48 Å². The zero-order valence-electron chi connectivity index (χ0n) is 10.4. The molecule has 0 aliphatic carbocycles. The van der Waals surface area contributed by atoms with Gasteiger partial charge in [0, 0.05) is 13.1 Å². The predicted molar refractivity (Wildman–Crippen MR) is 62.4 cm³/mol. The Kier molecular flexibility index (Phi) is 4.39. The smallest absolute Gasteiger partial charge is 0.0914 e. The number of rotatable bonds is 4. The topological polar surface area (TPSA) is 3.24 Å². The molecule has 0 aromatic heterocycles. The first-order chi connectivity index (χ1) is 6.56. The van der Waals surface area contributed by atoms with Crippen LogP contribution in [0.1, 0.15) is 27.2 Å². The van der Waals surface area contributed by atoms with E-state index in [4.69, 9.17) is 0 Å². The van der Waals surface area contributed by atoms with Gasteiger partial charge in [-0.15, -0.1) is 0 Å².